The maximum Gasteiger partial charge on any atom is 0.339 e. The minimum Gasteiger partial charge on any atom is -0.492 e. The van der Waals surface area contributed by atoms with Crippen LogP contribution in [0.25, 0.3) is 10.9 Å². The summed E-state index contributed by atoms with van der Waals surface area (Å²) in [4.78, 5) is 27.9. The number of aromatic carboxylic acids is 1. The highest BCUT2D eigenvalue weighted by atomic mass is 16.5. The topological polar surface area (TPSA) is 115 Å². The van der Waals surface area contributed by atoms with E-state index in [4.69, 9.17) is 10.5 Å². The van der Waals surface area contributed by atoms with Gasteiger partial charge < -0.3 is 20.9 Å². The molecule has 7 nitrogen and oxygen atoms in total. The number of ether oxygens (including phenoxy) is 1. The van der Waals surface area contributed by atoms with E-state index in [0.717, 1.165) is 0 Å². The molecule has 1 aromatic heterocycles. The number of hydrogen-bond acceptors (Lipinski definition) is 5. The van der Waals surface area contributed by atoms with E-state index in [9.17, 15) is 14.7 Å². The van der Waals surface area contributed by atoms with Gasteiger partial charge in [0.15, 0.2) is 0 Å². The summed E-state index contributed by atoms with van der Waals surface area (Å²) in [5.41, 5.74) is 6.31. The van der Waals surface area contributed by atoms with Gasteiger partial charge in [0.2, 0.25) is 5.91 Å². The summed E-state index contributed by atoms with van der Waals surface area (Å²) in [5, 5.41) is 12.6. The molecule has 0 saturated heterocycles. The van der Waals surface area contributed by atoms with Crippen LogP contribution in [0.2, 0.25) is 0 Å². The summed E-state index contributed by atoms with van der Waals surface area (Å²) in [6, 6.07) is 5.18. The van der Waals surface area contributed by atoms with E-state index in [0.29, 0.717) is 28.9 Å². The Hall–Kier alpha value is -2.83. The monoisotopic (exact) mass is 345 g/mol. The lowest BCUT2D eigenvalue weighted by atomic mass is 9.93. The van der Waals surface area contributed by atoms with Crippen LogP contribution in [0.1, 0.15) is 36.8 Å². The predicted molar refractivity (Wildman–Crippen MR) is 95.8 cm³/mol. The van der Waals surface area contributed by atoms with Gasteiger partial charge in [-0.05, 0) is 39.8 Å². The van der Waals surface area contributed by atoms with Crippen molar-refractivity contribution in [2.45, 2.75) is 27.7 Å². The van der Waals surface area contributed by atoms with Crippen LogP contribution in [0, 0.1) is 12.3 Å². The average molecular weight is 345 g/mol. The van der Waals surface area contributed by atoms with Crippen molar-refractivity contribution < 1.29 is 19.4 Å². The number of amides is 1. The molecule has 0 fully saturated rings. The SMILES string of the molecule is CCNC(=O)C(C)(C)COc1cccc2nc(C)c(C(=O)O)c(N)c12. The van der Waals surface area contributed by atoms with Crippen molar-refractivity contribution in [1.29, 1.82) is 0 Å². The maximum atomic E-state index is 12.1. The zero-order valence-electron chi connectivity index (χ0n) is 14.8. The molecule has 1 amide bonds. The Morgan fingerprint density at radius 1 is 1.36 bits per heavy atom. The molecule has 134 valence electrons. The Labute approximate surface area is 146 Å². The van der Waals surface area contributed by atoms with E-state index in [-0.39, 0.29) is 23.8 Å². The number of rotatable bonds is 6. The summed E-state index contributed by atoms with van der Waals surface area (Å²) in [6.07, 6.45) is 0. The van der Waals surface area contributed by atoms with E-state index < -0.39 is 11.4 Å². The van der Waals surface area contributed by atoms with Gasteiger partial charge in [0, 0.05) is 6.54 Å². The molecule has 2 aromatic rings. The van der Waals surface area contributed by atoms with E-state index in [1.54, 1.807) is 39.0 Å². The van der Waals surface area contributed by atoms with Crippen LogP contribution in [0.15, 0.2) is 18.2 Å². The third-order valence-corrected chi connectivity index (χ3v) is 3.95. The highest BCUT2D eigenvalue weighted by Gasteiger charge is 2.29. The molecular weight excluding hydrogens is 322 g/mol. The molecule has 0 atom stereocenters. The number of hydrogen-bond donors (Lipinski definition) is 3. The van der Waals surface area contributed by atoms with Crippen LogP contribution in [0.4, 0.5) is 5.69 Å². The number of aryl methyl sites for hydroxylation is 1. The van der Waals surface area contributed by atoms with Crippen LogP contribution in [-0.2, 0) is 4.79 Å². The molecule has 0 saturated carbocycles. The molecule has 1 aromatic carbocycles. The normalized spacial score (nSPS) is 11.4. The van der Waals surface area contributed by atoms with E-state index >= 15 is 0 Å². The van der Waals surface area contributed by atoms with Crippen molar-refractivity contribution in [2.24, 2.45) is 5.41 Å². The van der Waals surface area contributed by atoms with Gasteiger partial charge in [-0.15, -0.1) is 0 Å². The van der Waals surface area contributed by atoms with E-state index in [1.807, 2.05) is 6.92 Å². The summed E-state index contributed by atoms with van der Waals surface area (Å²) in [7, 11) is 0. The second-order valence-electron chi connectivity index (χ2n) is 6.47. The smallest absolute Gasteiger partial charge is 0.339 e. The van der Waals surface area contributed by atoms with Crippen molar-refractivity contribution in [3.63, 3.8) is 0 Å². The van der Waals surface area contributed by atoms with Gasteiger partial charge in [-0.2, -0.15) is 0 Å². The predicted octanol–water partition coefficient (Wildman–Crippen LogP) is 2.36. The van der Waals surface area contributed by atoms with Crippen molar-refractivity contribution in [1.82, 2.24) is 10.3 Å². The van der Waals surface area contributed by atoms with Gasteiger partial charge >= 0.3 is 5.97 Å². The molecule has 2 rings (SSSR count). The van der Waals surface area contributed by atoms with Crippen LogP contribution in [0.3, 0.4) is 0 Å². The number of nitrogen functional groups attached to an aromatic ring is 1. The number of pyridine rings is 1. The Morgan fingerprint density at radius 3 is 2.64 bits per heavy atom. The van der Waals surface area contributed by atoms with Crippen molar-refractivity contribution in [2.75, 3.05) is 18.9 Å². The molecule has 0 unspecified atom stereocenters. The molecule has 1 heterocycles. The zero-order chi connectivity index (χ0) is 18.8. The largest absolute Gasteiger partial charge is 0.492 e. The second kappa shape index (κ2) is 6.96. The first-order valence-electron chi connectivity index (χ1n) is 8.02. The second-order valence-corrected chi connectivity index (χ2v) is 6.47. The van der Waals surface area contributed by atoms with Crippen LogP contribution in [-0.4, -0.2) is 35.1 Å². The fourth-order valence-corrected chi connectivity index (χ4v) is 2.55. The van der Waals surface area contributed by atoms with Crippen molar-refractivity contribution in [3.05, 3.63) is 29.5 Å². The molecule has 25 heavy (non-hydrogen) atoms. The molecule has 7 heteroatoms. The fourth-order valence-electron chi connectivity index (χ4n) is 2.55. The Kier molecular flexibility index (Phi) is 5.15. The number of anilines is 1. The number of benzene rings is 1. The number of fused-ring (bicyclic) bond motifs is 1. The number of nitrogens with zero attached hydrogens (tertiary/aromatic N) is 1. The summed E-state index contributed by atoms with van der Waals surface area (Å²) in [5.74, 6) is -0.854. The molecule has 4 N–H and O–H groups in total. The number of carbonyl (C=O) groups excluding carboxylic acids is 1. The molecule has 0 aliphatic heterocycles. The van der Waals surface area contributed by atoms with E-state index in [2.05, 4.69) is 10.3 Å². The number of carboxylic acid groups (broad SMARTS) is 1. The number of aromatic nitrogens is 1. The lowest BCUT2D eigenvalue weighted by Crippen LogP contribution is -2.40. The number of nitrogens with two attached hydrogens (primary N) is 1. The molecular formula is C18H23N3O4. The third-order valence-electron chi connectivity index (χ3n) is 3.95. The quantitative estimate of drug-likeness (QED) is 0.740. The average Bonchev–Trinajstić information content (AvgIpc) is 2.52. The van der Waals surface area contributed by atoms with Gasteiger partial charge in [-0.25, -0.2) is 4.79 Å². The minimum atomic E-state index is -1.14. The first-order chi connectivity index (χ1) is 11.7. The highest BCUT2D eigenvalue weighted by Crippen LogP contribution is 2.34. The molecule has 0 bridgehead atoms. The fraction of sp³-hybridized carbons (Fsp3) is 0.389. The van der Waals surface area contributed by atoms with E-state index in [1.165, 1.54) is 0 Å². The van der Waals surface area contributed by atoms with Crippen LogP contribution in [0.5, 0.6) is 5.75 Å². The summed E-state index contributed by atoms with van der Waals surface area (Å²) < 4.78 is 5.83. The lowest BCUT2D eigenvalue weighted by Gasteiger charge is -2.24. The molecule has 0 spiro atoms. The first kappa shape index (κ1) is 18.5. The highest BCUT2D eigenvalue weighted by molar-refractivity contribution is 6.06. The van der Waals surface area contributed by atoms with Gasteiger partial charge in [-0.3, -0.25) is 9.78 Å². The molecule has 0 aliphatic carbocycles. The standard InChI is InChI=1S/C18H23N3O4/c1-5-20-17(24)18(3,4)9-25-12-8-6-7-11-14(12)15(19)13(16(22)23)10(2)21-11/h6-8H,5,9H2,1-4H3,(H2,19,21)(H,20,24)(H,22,23). The van der Waals surface area contributed by atoms with Crippen LogP contribution >= 0.6 is 0 Å². The van der Waals surface area contributed by atoms with Crippen LogP contribution < -0.4 is 15.8 Å². The maximum absolute atomic E-state index is 12.1. The zero-order valence-corrected chi connectivity index (χ0v) is 14.8. The van der Waals surface area contributed by atoms with Crippen molar-refractivity contribution in [3.8, 4) is 5.75 Å². The van der Waals surface area contributed by atoms with Gasteiger partial charge in [-0.1, -0.05) is 6.07 Å². The number of carbonyl (C=O) groups is 2. The van der Waals surface area contributed by atoms with Crippen molar-refractivity contribution >= 4 is 28.5 Å². The Balaban J connectivity index is 2.44. The Bertz CT molecular complexity index is 831. The van der Waals surface area contributed by atoms with Gasteiger partial charge in [0.1, 0.15) is 17.9 Å². The summed E-state index contributed by atoms with van der Waals surface area (Å²) >= 11 is 0. The lowest BCUT2D eigenvalue weighted by molar-refractivity contribution is -0.130. The number of nitrogens with one attached hydrogen (secondary N) is 1. The Morgan fingerprint density at radius 2 is 2.04 bits per heavy atom. The van der Waals surface area contributed by atoms with Gasteiger partial charge in [0.05, 0.1) is 27.7 Å². The third kappa shape index (κ3) is 3.65. The number of carboxylic acids is 1. The summed E-state index contributed by atoms with van der Waals surface area (Å²) in [6.45, 7) is 7.66. The molecule has 0 aliphatic rings. The first-order valence-corrected chi connectivity index (χ1v) is 8.02. The molecule has 0 radical (unpaired) electrons. The van der Waals surface area contributed by atoms with Gasteiger partial charge in [0.25, 0.3) is 0 Å². The minimum absolute atomic E-state index is 0.0356.